The number of hydrogen-bond acceptors (Lipinski definition) is 4. The summed E-state index contributed by atoms with van der Waals surface area (Å²) in [5, 5.41) is 6.86. The van der Waals surface area contributed by atoms with Crippen LogP contribution in [0.4, 0.5) is 27.6 Å². The molecule has 0 aliphatic heterocycles. The Labute approximate surface area is 214 Å². The van der Waals surface area contributed by atoms with Crippen LogP contribution in [0.15, 0.2) is 42.7 Å². The number of amides is 1. The van der Waals surface area contributed by atoms with Gasteiger partial charge < -0.3 is 10.1 Å². The van der Waals surface area contributed by atoms with Crippen LogP contribution in [0.5, 0.6) is 0 Å². The Morgan fingerprint density at radius 3 is 2.45 bits per heavy atom. The normalized spacial score (nSPS) is 16.6. The van der Waals surface area contributed by atoms with E-state index in [0.29, 0.717) is 17.7 Å². The first-order valence-corrected chi connectivity index (χ1v) is 12.3. The second-order valence-electron chi connectivity index (χ2n) is 9.62. The molecule has 0 atom stereocenters. The van der Waals surface area contributed by atoms with Crippen molar-refractivity contribution in [3.63, 3.8) is 0 Å². The molecule has 2 saturated carbocycles. The largest absolute Gasteiger partial charge is 0.462 e. The van der Waals surface area contributed by atoms with E-state index in [1.165, 1.54) is 12.3 Å². The predicted molar refractivity (Wildman–Crippen MR) is 127 cm³/mol. The molecule has 2 fully saturated rings. The molecule has 1 aromatic heterocycles. The molecular weight excluding hydrogens is 509 g/mol. The number of carbonyl (C=O) groups excluding carboxylic acids is 2. The van der Waals surface area contributed by atoms with Gasteiger partial charge in [0.15, 0.2) is 0 Å². The molecule has 2 aliphatic carbocycles. The van der Waals surface area contributed by atoms with E-state index in [4.69, 9.17) is 4.74 Å². The number of alkyl halides is 3. The number of nitrogens with zero attached hydrogens (tertiary/aromatic N) is 2. The number of esters is 1. The van der Waals surface area contributed by atoms with Crippen molar-refractivity contribution in [1.29, 1.82) is 0 Å². The summed E-state index contributed by atoms with van der Waals surface area (Å²) in [7, 11) is 0. The summed E-state index contributed by atoms with van der Waals surface area (Å²) >= 11 is 0. The van der Waals surface area contributed by atoms with Gasteiger partial charge >= 0.3 is 12.1 Å². The minimum atomic E-state index is -4.86. The van der Waals surface area contributed by atoms with Crippen molar-refractivity contribution in [2.45, 2.75) is 56.7 Å². The molecule has 1 heterocycles. The minimum Gasteiger partial charge on any atom is -0.462 e. The summed E-state index contributed by atoms with van der Waals surface area (Å²) in [4.78, 5) is 25.9. The molecule has 0 saturated heterocycles. The molecule has 5 rings (SSSR count). The second-order valence-corrected chi connectivity index (χ2v) is 9.62. The first-order valence-electron chi connectivity index (χ1n) is 12.3. The van der Waals surface area contributed by atoms with E-state index >= 15 is 4.39 Å². The Morgan fingerprint density at radius 2 is 1.87 bits per heavy atom. The van der Waals surface area contributed by atoms with Crippen LogP contribution in [-0.4, -0.2) is 28.3 Å². The highest BCUT2D eigenvalue weighted by Crippen LogP contribution is 2.50. The highest BCUT2D eigenvalue weighted by Gasteiger charge is 2.52. The Bertz CT molecular complexity index is 1410. The van der Waals surface area contributed by atoms with Gasteiger partial charge in [-0.2, -0.15) is 18.3 Å². The Kier molecular flexibility index (Phi) is 6.48. The lowest BCUT2D eigenvalue weighted by Crippen LogP contribution is -2.28. The van der Waals surface area contributed by atoms with Gasteiger partial charge in [-0.05, 0) is 68.9 Å². The Morgan fingerprint density at radius 1 is 1.13 bits per heavy atom. The number of halogens is 5. The second kappa shape index (κ2) is 9.52. The lowest BCUT2D eigenvalue weighted by atomic mass is 9.93. The number of rotatable bonds is 7. The lowest BCUT2D eigenvalue weighted by molar-refractivity contribution is -0.140. The van der Waals surface area contributed by atoms with Crippen LogP contribution in [0.2, 0.25) is 0 Å². The SMILES string of the molecule is CCOC(=O)c1cc(NC(=O)C2(c3ccc(C(F)(F)F)c(F)c3)CC2)cc(F)c1-c1cnn(C2CCC2)c1. The average molecular weight is 533 g/mol. The predicted octanol–water partition coefficient (Wildman–Crippen LogP) is 6.42. The number of carbonyl (C=O) groups is 2. The van der Waals surface area contributed by atoms with Gasteiger partial charge in [0, 0.05) is 23.0 Å². The quantitative estimate of drug-likeness (QED) is 0.281. The molecule has 0 spiro atoms. The standard InChI is InChI=1S/C27H24F5N3O3/c1-2-38-24(36)19-11-17(12-22(29)23(19)15-13-33-35(14-15)18-4-3-5-18)34-25(37)26(8-9-26)16-6-7-20(21(28)10-16)27(30,31)32/h6-7,10-14,18H,2-5,8-9H2,1H3,(H,34,37). The molecular formula is C27H24F5N3O3. The fourth-order valence-electron chi connectivity index (χ4n) is 4.73. The molecule has 3 aromatic rings. The van der Waals surface area contributed by atoms with E-state index in [1.54, 1.807) is 17.8 Å². The van der Waals surface area contributed by atoms with Gasteiger partial charge in [-0.15, -0.1) is 0 Å². The van der Waals surface area contributed by atoms with Crippen LogP contribution in [0, 0.1) is 11.6 Å². The van der Waals surface area contributed by atoms with Crippen molar-refractivity contribution in [2.75, 3.05) is 11.9 Å². The molecule has 11 heteroatoms. The number of aromatic nitrogens is 2. The van der Waals surface area contributed by atoms with Crippen molar-refractivity contribution in [1.82, 2.24) is 9.78 Å². The molecule has 200 valence electrons. The summed E-state index contributed by atoms with van der Waals surface area (Å²) in [6.07, 6.45) is 1.83. The van der Waals surface area contributed by atoms with Gasteiger partial charge in [-0.1, -0.05) is 6.07 Å². The van der Waals surface area contributed by atoms with E-state index in [9.17, 15) is 27.2 Å². The third kappa shape index (κ3) is 4.65. The van der Waals surface area contributed by atoms with Crippen molar-refractivity contribution < 1.29 is 36.3 Å². The zero-order chi connectivity index (χ0) is 27.2. The zero-order valence-corrected chi connectivity index (χ0v) is 20.4. The number of nitrogens with one attached hydrogen (secondary N) is 1. The van der Waals surface area contributed by atoms with Crippen LogP contribution < -0.4 is 5.32 Å². The van der Waals surface area contributed by atoms with Gasteiger partial charge in [0.25, 0.3) is 0 Å². The molecule has 0 radical (unpaired) electrons. The Hall–Kier alpha value is -3.76. The molecule has 2 aromatic carbocycles. The number of ether oxygens (including phenoxy) is 1. The zero-order valence-electron chi connectivity index (χ0n) is 20.4. The number of hydrogen-bond donors (Lipinski definition) is 1. The van der Waals surface area contributed by atoms with E-state index in [0.717, 1.165) is 31.4 Å². The van der Waals surface area contributed by atoms with Gasteiger partial charge in [-0.25, -0.2) is 13.6 Å². The summed E-state index contributed by atoms with van der Waals surface area (Å²) in [5.74, 6) is -3.70. The van der Waals surface area contributed by atoms with Crippen LogP contribution in [0.1, 0.15) is 66.6 Å². The molecule has 6 nitrogen and oxygen atoms in total. The Balaban J connectivity index is 1.45. The highest BCUT2D eigenvalue weighted by molar-refractivity contribution is 6.04. The lowest BCUT2D eigenvalue weighted by Gasteiger charge is -2.25. The third-order valence-electron chi connectivity index (χ3n) is 7.19. The maximum Gasteiger partial charge on any atom is 0.419 e. The summed E-state index contributed by atoms with van der Waals surface area (Å²) < 4.78 is 75.3. The fraction of sp³-hybridized carbons (Fsp3) is 0.370. The first-order chi connectivity index (χ1) is 18.0. The summed E-state index contributed by atoms with van der Waals surface area (Å²) in [6, 6.07) is 4.96. The molecule has 38 heavy (non-hydrogen) atoms. The maximum absolute atomic E-state index is 15.4. The van der Waals surface area contributed by atoms with Crippen LogP contribution >= 0.6 is 0 Å². The molecule has 0 unspecified atom stereocenters. The summed E-state index contributed by atoms with van der Waals surface area (Å²) in [5.41, 5.74) is -2.37. The van der Waals surface area contributed by atoms with E-state index < -0.39 is 40.7 Å². The molecule has 1 amide bonds. The van der Waals surface area contributed by atoms with Gasteiger partial charge in [-0.3, -0.25) is 9.48 Å². The van der Waals surface area contributed by atoms with E-state index in [-0.39, 0.29) is 47.9 Å². The van der Waals surface area contributed by atoms with Crippen molar-refractivity contribution >= 4 is 17.6 Å². The maximum atomic E-state index is 15.4. The van der Waals surface area contributed by atoms with Gasteiger partial charge in [0.05, 0.1) is 35.4 Å². The van der Waals surface area contributed by atoms with Crippen molar-refractivity contribution in [3.05, 3.63) is 71.1 Å². The minimum absolute atomic E-state index is 0.0158. The van der Waals surface area contributed by atoms with E-state index in [1.807, 2.05) is 0 Å². The third-order valence-corrected chi connectivity index (χ3v) is 7.19. The van der Waals surface area contributed by atoms with Crippen LogP contribution in [0.3, 0.4) is 0 Å². The smallest absolute Gasteiger partial charge is 0.419 e. The highest BCUT2D eigenvalue weighted by atomic mass is 19.4. The average Bonchev–Trinajstić information content (AvgIpc) is 3.50. The van der Waals surface area contributed by atoms with E-state index in [2.05, 4.69) is 10.4 Å². The van der Waals surface area contributed by atoms with Gasteiger partial charge in [0.2, 0.25) is 5.91 Å². The fourth-order valence-corrected chi connectivity index (χ4v) is 4.73. The molecule has 1 N–H and O–H groups in total. The van der Waals surface area contributed by atoms with Crippen LogP contribution in [0.25, 0.3) is 11.1 Å². The first kappa shape index (κ1) is 25.9. The monoisotopic (exact) mass is 533 g/mol. The summed E-state index contributed by atoms with van der Waals surface area (Å²) in [6.45, 7) is 1.65. The van der Waals surface area contributed by atoms with Crippen molar-refractivity contribution in [2.24, 2.45) is 0 Å². The van der Waals surface area contributed by atoms with Crippen LogP contribution in [-0.2, 0) is 21.1 Å². The number of benzene rings is 2. The topological polar surface area (TPSA) is 73.2 Å². The van der Waals surface area contributed by atoms with Gasteiger partial charge in [0.1, 0.15) is 11.6 Å². The number of anilines is 1. The van der Waals surface area contributed by atoms with Crippen molar-refractivity contribution in [3.8, 4) is 11.1 Å². The molecule has 0 bridgehead atoms. The molecule has 2 aliphatic rings.